The molecule has 6 nitrogen and oxygen atoms in total. The first kappa shape index (κ1) is 14.1. The highest BCUT2D eigenvalue weighted by Gasteiger charge is 2.27. The molecule has 106 valence electrons. The predicted octanol–water partition coefficient (Wildman–Crippen LogP) is 1.88. The number of ether oxygens (including phenoxy) is 2. The van der Waals surface area contributed by atoms with Crippen LogP contribution in [0.4, 0.5) is 5.95 Å². The van der Waals surface area contributed by atoms with Crippen molar-refractivity contribution < 1.29 is 9.47 Å². The molecule has 2 rings (SSSR count). The molecule has 7 heteroatoms. The van der Waals surface area contributed by atoms with E-state index in [0.29, 0.717) is 17.9 Å². The summed E-state index contributed by atoms with van der Waals surface area (Å²) in [5, 5.41) is 0. The predicted molar refractivity (Wildman–Crippen MR) is 73.3 cm³/mol. The van der Waals surface area contributed by atoms with Gasteiger partial charge in [-0.05, 0) is 25.7 Å². The molecule has 1 aliphatic carbocycles. The topological polar surface area (TPSA) is 60.4 Å². The molecule has 0 amide bonds. The standard InChI is InChI=1S/C12H19ClN4O2/c1-18-11-14-10(15-12(16-11)19-2)17(8-4-7-13)9-5-3-6-9/h9H,3-8H2,1-2H3. The fraction of sp³-hybridized carbons (Fsp3) is 0.750. The van der Waals surface area contributed by atoms with Gasteiger partial charge in [-0.3, -0.25) is 0 Å². The molecule has 0 spiro atoms. The molecular weight excluding hydrogens is 268 g/mol. The second-order valence-corrected chi connectivity index (χ2v) is 4.81. The van der Waals surface area contributed by atoms with Crippen LogP contribution < -0.4 is 14.4 Å². The number of methoxy groups -OCH3 is 2. The van der Waals surface area contributed by atoms with E-state index in [2.05, 4.69) is 19.9 Å². The molecule has 1 heterocycles. The van der Waals surface area contributed by atoms with E-state index in [4.69, 9.17) is 21.1 Å². The molecule has 0 unspecified atom stereocenters. The molecule has 1 fully saturated rings. The van der Waals surface area contributed by atoms with E-state index in [1.165, 1.54) is 33.5 Å². The van der Waals surface area contributed by atoms with Crippen LogP contribution in [0, 0.1) is 0 Å². The molecule has 0 bridgehead atoms. The zero-order valence-electron chi connectivity index (χ0n) is 11.3. The zero-order valence-corrected chi connectivity index (χ0v) is 12.1. The van der Waals surface area contributed by atoms with Gasteiger partial charge in [0.1, 0.15) is 0 Å². The second kappa shape index (κ2) is 6.75. The third kappa shape index (κ3) is 3.37. The molecule has 0 atom stereocenters. The molecule has 0 radical (unpaired) electrons. The molecule has 1 saturated carbocycles. The lowest BCUT2D eigenvalue weighted by molar-refractivity contribution is 0.333. The Balaban J connectivity index is 2.23. The largest absolute Gasteiger partial charge is 0.467 e. The maximum absolute atomic E-state index is 5.79. The van der Waals surface area contributed by atoms with Gasteiger partial charge in [-0.25, -0.2) is 0 Å². The Kier molecular flexibility index (Phi) is 5.01. The monoisotopic (exact) mass is 286 g/mol. The first-order chi connectivity index (χ1) is 9.28. The molecule has 0 aliphatic heterocycles. The number of nitrogens with zero attached hydrogens (tertiary/aromatic N) is 4. The molecule has 1 aromatic heterocycles. The van der Waals surface area contributed by atoms with E-state index in [1.807, 2.05) is 0 Å². The average Bonchev–Trinajstić information content (AvgIpc) is 2.40. The summed E-state index contributed by atoms with van der Waals surface area (Å²) >= 11 is 5.79. The summed E-state index contributed by atoms with van der Waals surface area (Å²) in [6, 6.07) is 1.04. The van der Waals surface area contributed by atoms with Gasteiger partial charge in [0.15, 0.2) is 0 Å². The number of hydrogen-bond donors (Lipinski definition) is 0. The highest BCUT2D eigenvalue weighted by molar-refractivity contribution is 6.17. The number of alkyl halides is 1. The first-order valence-electron chi connectivity index (χ1n) is 6.45. The zero-order chi connectivity index (χ0) is 13.7. The maximum Gasteiger partial charge on any atom is 0.324 e. The fourth-order valence-corrected chi connectivity index (χ4v) is 2.13. The van der Waals surface area contributed by atoms with Crippen LogP contribution in [0.15, 0.2) is 0 Å². The van der Waals surface area contributed by atoms with E-state index in [9.17, 15) is 0 Å². The summed E-state index contributed by atoms with van der Waals surface area (Å²) in [6.07, 6.45) is 4.48. The summed E-state index contributed by atoms with van der Waals surface area (Å²) in [5.74, 6) is 1.24. The normalized spacial score (nSPS) is 14.9. The number of anilines is 1. The Hall–Kier alpha value is -1.30. The number of aromatic nitrogens is 3. The molecule has 0 saturated heterocycles. The highest BCUT2D eigenvalue weighted by atomic mass is 35.5. The molecular formula is C12H19ClN4O2. The maximum atomic E-state index is 5.79. The van der Waals surface area contributed by atoms with Crippen LogP contribution in [-0.4, -0.2) is 47.6 Å². The lowest BCUT2D eigenvalue weighted by atomic mass is 9.91. The minimum absolute atomic E-state index is 0.275. The van der Waals surface area contributed by atoms with E-state index in [-0.39, 0.29) is 12.0 Å². The number of hydrogen-bond acceptors (Lipinski definition) is 6. The molecule has 1 aliphatic rings. The Morgan fingerprint density at radius 1 is 1.16 bits per heavy atom. The van der Waals surface area contributed by atoms with Crippen LogP contribution in [-0.2, 0) is 0 Å². The van der Waals surface area contributed by atoms with Crippen molar-refractivity contribution in [2.24, 2.45) is 0 Å². The van der Waals surface area contributed by atoms with Gasteiger partial charge in [0.05, 0.1) is 14.2 Å². The van der Waals surface area contributed by atoms with Crippen molar-refractivity contribution in [3.63, 3.8) is 0 Å². The minimum Gasteiger partial charge on any atom is -0.467 e. The summed E-state index contributed by atoms with van der Waals surface area (Å²) in [4.78, 5) is 14.8. The van der Waals surface area contributed by atoms with Crippen molar-refractivity contribution in [2.45, 2.75) is 31.7 Å². The van der Waals surface area contributed by atoms with Crippen LogP contribution in [0.1, 0.15) is 25.7 Å². The average molecular weight is 287 g/mol. The summed E-state index contributed by atoms with van der Waals surface area (Å²) in [7, 11) is 3.07. The summed E-state index contributed by atoms with van der Waals surface area (Å²) in [6.45, 7) is 0.838. The lowest BCUT2D eigenvalue weighted by Crippen LogP contribution is -2.42. The Morgan fingerprint density at radius 2 is 1.79 bits per heavy atom. The van der Waals surface area contributed by atoms with Crippen molar-refractivity contribution in [2.75, 3.05) is 31.5 Å². The van der Waals surface area contributed by atoms with E-state index in [0.717, 1.165) is 13.0 Å². The van der Waals surface area contributed by atoms with Crippen molar-refractivity contribution in [3.8, 4) is 12.0 Å². The van der Waals surface area contributed by atoms with E-state index < -0.39 is 0 Å². The van der Waals surface area contributed by atoms with Gasteiger partial charge in [0, 0.05) is 18.5 Å². The van der Waals surface area contributed by atoms with Crippen LogP contribution in [0.5, 0.6) is 12.0 Å². The SMILES string of the molecule is COc1nc(OC)nc(N(CCCCl)C2CCC2)n1. The van der Waals surface area contributed by atoms with Crippen molar-refractivity contribution in [3.05, 3.63) is 0 Å². The van der Waals surface area contributed by atoms with Crippen molar-refractivity contribution in [1.29, 1.82) is 0 Å². The van der Waals surface area contributed by atoms with Gasteiger partial charge >= 0.3 is 12.0 Å². The van der Waals surface area contributed by atoms with Gasteiger partial charge < -0.3 is 14.4 Å². The Bertz CT molecular complexity index is 392. The van der Waals surface area contributed by atoms with Gasteiger partial charge in [-0.1, -0.05) is 0 Å². The van der Waals surface area contributed by atoms with Crippen molar-refractivity contribution >= 4 is 17.5 Å². The second-order valence-electron chi connectivity index (χ2n) is 4.43. The van der Waals surface area contributed by atoms with E-state index in [1.54, 1.807) is 0 Å². The van der Waals surface area contributed by atoms with Gasteiger partial charge in [0.2, 0.25) is 5.95 Å². The van der Waals surface area contributed by atoms with Gasteiger partial charge in [0.25, 0.3) is 0 Å². The lowest BCUT2D eigenvalue weighted by Gasteiger charge is -2.37. The smallest absolute Gasteiger partial charge is 0.324 e. The minimum atomic E-state index is 0.275. The third-order valence-electron chi connectivity index (χ3n) is 3.25. The fourth-order valence-electron chi connectivity index (χ4n) is 2.01. The molecule has 1 aromatic rings. The Labute approximate surface area is 118 Å². The molecule has 0 aromatic carbocycles. The van der Waals surface area contributed by atoms with E-state index >= 15 is 0 Å². The first-order valence-corrected chi connectivity index (χ1v) is 6.98. The van der Waals surface area contributed by atoms with Gasteiger partial charge in [-0.2, -0.15) is 9.97 Å². The summed E-state index contributed by atoms with van der Waals surface area (Å²) < 4.78 is 10.2. The van der Waals surface area contributed by atoms with Crippen LogP contribution >= 0.6 is 11.6 Å². The number of halogens is 1. The Morgan fingerprint density at radius 3 is 2.21 bits per heavy atom. The van der Waals surface area contributed by atoms with Crippen LogP contribution in [0.25, 0.3) is 0 Å². The number of rotatable bonds is 7. The van der Waals surface area contributed by atoms with Crippen molar-refractivity contribution in [1.82, 2.24) is 15.0 Å². The third-order valence-corrected chi connectivity index (χ3v) is 3.52. The quantitative estimate of drug-likeness (QED) is 0.713. The van der Waals surface area contributed by atoms with Crippen LogP contribution in [0.2, 0.25) is 0 Å². The highest BCUT2D eigenvalue weighted by Crippen LogP contribution is 2.29. The summed E-state index contributed by atoms with van der Waals surface area (Å²) in [5.41, 5.74) is 0. The van der Waals surface area contributed by atoms with Gasteiger partial charge in [-0.15, -0.1) is 16.6 Å². The van der Waals surface area contributed by atoms with Crippen LogP contribution in [0.3, 0.4) is 0 Å². The molecule has 19 heavy (non-hydrogen) atoms. The molecule has 0 N–H and O–H groups in total.